The molecule has 2 amide bonds. The number of amides is 2. The van der Waals surface area contributed by atoms with E-state index >= 15 is 0 Å². The zero-order valence-corrected chi connectivity index (χ0v) is 19.2. The average molecular weight is 465 g/mol. The molecule has 0 aliphatic carbocycles. The Morgan fingerprint density at radius 2 is 1.81 bits per heavy atom. The summed E-state index contributed by atoms with van der Waals surface area (Å²) in [4.78, 5) is 26.1. The molecule has 2 aromatic rings. The summed E-state index contributed by atoms with van der Waals surface area (Å²) in [5.74, 6) is -0.241. The number of carbonyl (C=O) groups is 2. The van der Waals surface area contributed by atoms with Crippen molar-refractivity contribution in [3.05, 3.63) is 47.3 Å². The smallest absolute Gasteiger partial charge is 0.265 e. The van der Waals surface area contributed by atoms with E-state index in [0.717, 1.165) is 5.56 Å². The fourth-order valence-electron chi connectivity index (χ4n) is 3.62. The molecule has 1 saturated heterocycles. The molecule has 1 aromatic heterocycles. The molecule has 32 heavy (non-hydrogen) atoms. The van der Waals surface area contributed by atoms with Gasteiger partial charge < -0.3 is 24.7 Å². The summed E-state index contributed by atoms with van der Waals surface area (Å²) in [6.45, 7) is 3.56. The highest BCUT2D eigenvalue weighted by atomic mass is 32.2. The Morgan fingerprint density at radius 1 is 1.12 bits per heavy atom. The SMILES string of the molecule is CCOCc1cc(C(=O)N2CCN(S(=O)(=O)c3cc(C(N)=O)n(C)c3)CC2)ccc1OC. The quantitative estimate of drug-likeness (QED) is 0.617. The van der Waals surface area contributed by atoms with E-state index in [9.17, 15) is 18.0 Å². The van der Waals surface area contributed by atoms with E-state index in [1.54, 1.807) is 37.3 Å². The molecule has 2 N–H and O–H groups in total. The van der Waals surface area contributed by atoms with Gasteiger partial charge in [-0.15, -0.1) is 0 Å². The first-order chi connectivity index (χ1) is 15.2. The van der Waals surface area contributed by atoms with Crippen LogP contribution in [0, 0.1) is 0 Å². The summed E-state index contributed by atoms with van der Waals surface area (Å²) >= 11 is 0. The summed E-state index contributed by atoms with van der Waals surface area (Å²) in [6, 6.07) is 6.44. The molecule has 2 heterocycles. The van der Waals surface area contributed by atoms with E-state index in [4.69, 9.17) is 15.2 Å². The lowest BCUT2D eigenvalue weighted by molar-refractivity contribution is 0.0697. The number of hydrogen-bond donors (Lipinski definition) is 1. The molecule has 0 radical (unpaired) electrons. The lowest BCUT2D eigenvalue weighted by Crippen LogP contribution is -2.50. The number of methoxy groups -OCH3 is 1. The largest absolute Gasteiger partial charge is 0.496 e. The van der Waals surface area contributed by atoms with Crippen molar-refractivity contribution in [1.29, 1.82) is 0 Å². The maximum atomic E-state index is 13.0. The van der Waals surface area contributed by atoms with Crippen molar-refractivity contribution in [1.82, 2.24) is 13.8 Å². The molecule has 1 fully saturated rings. The van der Waals surface area contributed by atoms with Gasteiger partial charge in [0.15, 0.2) is 0 Å². The molecule has 11 heteroatoms. The molecule has 3 rings (SSSR count). The maximum Gasteiger partial charge on any atom is 0.265 e. The van der Waals surface area contributed by atoms with E-state index in [1.165, 1.54) is 21.1 Å². The molecule has 0 bridgehead atoms. The van der Waals surface area contributed by atoms with E-state index < -0.39 is 15.9 Å². The molecule has 0 spiro atoms. The Hall–Kier alpha value is -2.89. The van der Waals surface area contributed by atoms with Crippen LogP contribution in [0.25, 0.3) is 0 Å². The summed E-state index contributed by atoms with van der Waals surface area (Å²) in [7, 11) is -0.683. The predicted octanol–water partition coefficient (Wildman–Crippen LogP) is 0.816. The second-order valence-electron chi connectivity index (χ2n) is 7.40. The Bertz CT molecular complexity index is 1100. The van der Waals surface area contributed by atoms with Crippen LogP contribution in [0.1, 0.15) is 33.3 Å². The number of hydrogen-bond acceptors (Lipinski definition) is 6. The first-order valence-corrected chi connectivity index (χ1v) is 11.6. The molecule has 1 aromatic carbocycles. The number of aryl methyl sites for hydroxylation is 1. The van der Waals surface area contributed by atoms with Gasteiger partial charge in [-0.2, -0.15) is 4.31 Å². The minimum atomic E-state index is -3.80. The third kappa shape index (κ3) is 4.79. The Balaban J connectivity index is 1.71. The Morgan fingerprint density at radius 3 is 2.38 bits per heavy atom. The summed E-state index contributed by atoms with van der Waals surface area (Å²) < 4.78 is 39.4. The van der Waals surface area contributed by atoms with E-state index in [1.807, 2.05) is 6.92 Å². The standard InChI is InChI=1S/C21H28N4O6S/c1-4-31-14-16-11-15(5-6-19(16)30-3)21(27)24-7-9-25(10-8-24)32(28,29)17-12-18(20(22)26)23(2)13-17/h5-6,11-13H,4,7-10,14H2,1-3H3,(H2,22,26). The minimum absolute atomic E-state index is 0.00398. The van der Waals surface area contributed by atoms with Crippen molar-refractivity contribution in [3.8, 4) is 5.75 Å². The van der Waals surface area contributed by atoms with Crippen molar-refractivity contribution < 1.29 is 27.5 Å². The number of ether oxygens (including phenoxy) is 2. The van der Waals surface area contributed by atoms with Gasteiger partial charge in [-0.1, -0.05) is 0 Å². The molecule has 10 nitrogen and oxygen atoms in total. The van der Waals surface area contributed by atoms with Gasteiger partial charge in [0.1, 0.15) is 16.3 Å². The topological polar surface area (TPSA) is 124 Å². The van der Waals surface area contributed by atoms with Crippen LogP contribution < -0.4 is 10.5 Å². The lowest BCUT2D eigenvalue weighted by Gasteiger charge is -2.34. The normalized spacial score (nSPS) is 15.0. The molecule has 1 aliphatic rings. The van der Waals surface area contributed by atoms with E-state index in [-0.39, 0.29) is 42.7 Å². The number of nitrogens with zero attached hydrogens (tertiary/aromatic N) is 3. The molecule has 0 unspecified atom stereocenters. The number of primary amides is 1. The molecule has 0 atom stereocenters. The first-order valence-electron chi connectivity index (χ1n) is 10.2. The monoisotopic (exact) mass is 464 g/mol. The number of nitrogens with two attached hydrogens (primary N) is 1. The summed E-state index contributed by atoms with van der Waals surface area (Å²) in [5, 5.41) is 0. The number of piperazine rings is 1. The van der Waals surface area contributed by atoms with Gasteiger partial charge in [0.25, 0.3) is 11.8 Å². The minimum Gasteiger partial charge on any atom is -0.496 e. The van der Waals surface area contributed by atoms with Crippen LogP contribution in [0.5, 0.6) is 5.75 Å². The second kappa shape index (κ2) is 9.72. The Kier molecular flexibility index (Phi) is 7.22. The number of benzene rings is 1. The van der Waals surface area contributed by atoms with Crippen LogP contribution in [-0.2, 0) is 28.4 Å². The van der Waals surface area contributed by atoms with Gasteiger partial charge in [-0.3, -0.25) is 9.59 Å². The van der Waals surface area contributed by atoms with Crippen molar-refractivity contribution in [2.75, 3.05) is 39.9 Å². The zero-order chi connectivity index (χ0) is 23.5. The molecule has 0 saturated carbocycles. The van der Waals surface area contributed by atoms with Crippen molar-refractivity contribution in [3.63, 3.8) is 0 Å². The highest BCUT2D eigenvalue weighted by molar-refractivity contribution is 7.89. The van der Waals surface area contributed by atoms with Crippen molar-refractivity contribution in [2.45, 2.75) is 18.4 Å². The van der Waals surface area contributed by atoms with E-state index in [0.29, 0.717) is 24.5 Å². The number of sulfonamides is 1. The number of carbonyl (C=O) groups excluding carboxylic acids is 2. The third-order valence-corrected chi connectivity index (χ3v) is 7.25. The maximum absolute atomic E-state index is 13.0. The van der Waals surface area contributed by atoms with Gasteiger partial charge >= 0.3 is 0 Å². The lowest BCUT2D eigenvalue weighted by atomic mass is 10.1. The number of rotatable bonds is 8. The van der Waals surface area contributed by atoms with Crippen LogP contribution >= 0.6 is 0 Å². The molecule has 174 valence electrons. The van der Waals surface area contributed by atoms with Crippen LogP contribution in [-0.4, -0.2) is 73.9 Å². The Labute approximate surface area is 187 Å². The molecular formula is C21H28N4O6S. The van der Waals surface area contributed by atoms with Crippen molar-refractivity contribution in [2.24, 2.45) is 12.8 Å². The fraction of sp³-hybridized carbons (Fsp3) is 0.429. The number of aromatic nitrogens is 1. The zero-order valence-electron chi connectivity index (χ0n) is 18.4. The van der Waals surface area contributed by atoms with Gasteiger partial charge in [0.2, 0.25) is 10.0 Å². The highest BCUT2D eigenvalue weighted by Crippen LogP contribution is 2.24. The van der Waals surface area contributed by atoms with Gasteiger partial charge in [0.05, 0.1) is 13.7 Å². The predicted molar refractivity (Wildman–Crippen MR) is 117 cm³/mol. The van der Waals surface area contributed by atoms with Gasteiger partial charge in [-0.25, -0.2) is 8.42 Å². The van der Waals surface area contributed by atoms with E-state index in [2.05, 4.69) is 0 Å². The summed E-state index contributed by atoms with van der Waals surface area (Å²) in [5.41, 5.74) is 6.66. The van der Waals surface area contributed by atoms with Crippen molar-refractivity contribution >= 4 is 21.8 Å². The second-order valence-corrected chi connectivity index (χ2v) is 9.33. The van der Waals surface area contributed by atoms with Crippen LogP contribution in [0.4, 0.5) is 0 Å². The van der Waals surface area contributed by atoms with Crippen LogP contribution in [0.3, 0.4) is 0 Å². The fourth-order valence-corrected chi connectivity index (χ4v) is 5.11. The van der Waals surface area contributed by atoms with Crippen LogP contribution in [0.2, 0.25) is 0 Å². The van der Waals surface area contributed by atoms with Gasteiger partial charge in [0, 0.05) is 57.2 Å². The third-order valence-electron chi connectivity index (χ3n) is 5.38. The highest BCUT2D eigenvalue weighted by Gasteiger charge is 2.32. The summed E-state index contributed by atoms with van der Waals surface area (Å²) in [6.07, 6.45) is 1.37. The molecular weight excluding hydrogens is 436 g/mol. The molecule has 1 aliphatic heterocycles. The van der Waals surface area contributed by atoms with Crippen LogP contribution in [0.15, 0.2) is 35.4 Å². The van der Waals surface area contributed by atoms with Gasteiger partial charge in [-0.05, 0) is 31.2 Å². The average Bonchev–Trinajstić information content (AvgIpc) is 3.20. The first kappa shape index (κ1) is 23.8.